The van der Waals surface area contributed by atoms with Crippen LogP contribution in [0.4, 0.5) is 5.69 Å². The molecule has 0 fully saturated rings. The largest absolute Gasteiger partial charge is 0.462 e. The molecule has 0 saturated heterocycles. The number of carbonyl (C=O) groups excluding carboxylic acids is 2. The van der Waals surface area contributed by atoms with Crippen molar-refractivity contribution in [3.63, 3.8) is 0 Å². The van der Waals surface area contributed by atoms with E-state index in [1.165, 1.54) is 4.68 Å². The van der Waals surface area contributed by atoms with E-state index in [2.05, 4.69) is 15.7 Å². The number of amides is 1. The average molecular weight is 486 g/mol. The van der Waals surface area contributed by atoms with Crippen molar-refractivity contribution < 1.29 is 14.3 Å². The Morgan fingerprint density at radius 1 is 1.31 bits per heavy atom. The fraction of sp³-hybridized carbons (Fsp3) is 0.294. The molecule has 2 N–H and O–H groups in total. The van der Waals surface area contributed by atoms with Gasteiger partial charge in [-0.05, 0) is 65.5 Å². The molecule has 1 amide bonds. The Morgan fingerprint density at radius 3 is 2.58 bits per heavy atom. The van der Waals surface area contributed by atoms with Crippen LogP contribution < -0.4 is 10.6 Å². The minimum absolute atomic E-state index is 0.158. The van der Waals surface area contributed by atoms with Gasteiger partial charge >= 0.3 is 5.97 Å². The van der Waals surface area contributed by atoms with Gasteiger partial charge < -0.3 is 10.1 Å². The fourth-order valence-corrected chi connectivity index (χ4v) is 3.00. The minimum Gasteiger partial charge on any atom is -0.462 e. The Labute approximate surface area is 170 Å². The second-order valence-corrected chi connectivity index (χ2v) is 7.01. The molecule has 0 radical (unpaired) electrons. The molecule has 1 aromatic heterocycles. The molecule has 1 heterocycles. The van der Waals surface area contributed by atoms with Crippen molar-refractivity contribution in [1.29, 1.82) is 0 Å². The predicted octanol–water partition coefficient (Wildman–Crippen LogP) is 3.11. The molecule has 0 unspecified atom stereocenters. The van der Waals surface area contributed by atoms with E-state index in [-0.39, 0.29) is 17.0 Å². The molecule has 0 bridgehead atoms. The first kappa shape index (κ1) is 20.3. The number of unbranched alkanes of at least 4 members (excludes halogenated alkanes) is 1. The highest BCUT2D eigenvalue weighted by atomic mass is 127. The zero-order valence-corrected chi connectivity index (χ0v) is 17.4. The molecular formula is C17H19IN4O3S. The molecule has 0 atom stereocenters. The van der Waals surface area contributed by atoms with Crippen LogP contribution >= 0.6 is 34.8 Å². The predicted molar refractivity (Wildman–Crippen MR) is 111 cm³/mol. The number of hydrogen-bond acceptors (Lipinski definition) is 5. The molecule has 2 aromatic rings. The van der Waals surface area contributed by atoms with Crippen LogP contribution in [0.25, 0.3) is 0 Å². The van der Waals surface area contributed by atoms with E-state index in [1.54, 1.807) is 37.5 Å². The van der Waals surface area contributed by atoms with Crippen molar-refractivity contribution in [2.24, 2.45) is 7.05 Å². The molecule has 0 aliphatic heterocycles. The molecule has 0 spiro atoms. The lowest BCUT2D eigenvalue weighted by Gasteiger charge is -2.10. The Kier molecular flexibility index (Phi) is 7.51. The number of benzene rings is 1. The number of aryl methyl sites for hydroxylation is 1. The second kappa shape index (κ2) is 9.62. The van der Waals surface area contributed by atoms with E-state index in [0.717, 1.165) is 16.4 Å². The number of halogens is 1. The summed E-state index contributed by atoms with van der Waals surface area (Å²) in [7, 11) is 1.69. The molecule has 7 nitrogen and oxygen atoms in total. The number of ether oxygens (including phenoxy) is 1. The SMILES string of the molecule is CCCCOC(=O)c1ccc(NC(=S)NC(=O)c2c(I)cnn2C)cc1. The molecule has 26 heavy (non-hydrogen) atoms. The zero-order chi connectivity index (χ0) is 19.1. The smallest absolute Gasteiger partial charge is 0.338 e. The number of thiocarbonyl (C=S) groups is 1. The number of aromatic nitrogens is 2. The average Bonchev–Trinajstić information content (AvgIpc) is 2.94. The van der Waals surface area contributed by atoms with Gasteiger partial charge in [0.05, 0.1) is 21.9 Å². The number of hydrogen-bond donors (Lipinski definition) is 2. The van der Waals surface area contributed by atoms with E-state index < -0.39 is 0 Å². The normalized spacial score (nSPS) is 10.3. The van der Waals surface area contributed by atoms with Gasteiger partial charge in [-0.15, -0.1) is 0 Å². The van der Waals surface area contributed by atoms with E-state index in [1.807, 2.05) is 29.5 Å². The van der Waals surface area contributed by atoms with Crippen LogP contribution in [-0.2, 0) is 11.8 Å². The number of rotatable bonds is 6. The molecule has 0 saturated carbocycles. The highest BCUT2D eigenvalue weighted by Gasteiger charge is 2.16. The summed E-state index contributed by atoms with van der Waals surface area (Å²) in [5, 5.41) is 9.70. The van der Waals surface area contributed by atoms with E-state index >= 15 is 0 Å². The lowest BCUT2D eigenvalue weighted by molar-refractivity contribution is 0.0499. The number of anilines is 1. The number of esters is 1. The van der Waals surface area contributed by atoms with Crippen molar-refractivity contribution in [2.75, 3.05) is 11.9 Å². The maximum absolute atomic E-state index is 12.3. The van der Waals surface area contributed by atoms with Crippen molar-refractivity contribution >= 4 is 57.5 Å². The molecule has 2 rings (SSSR count). The summed E-state index contributed by atoms with van der Waals surface area (Å²) in [6.45, 7) is 2.45. The number of nitrogens with zero attached hydrogens (tertiary/aromatic N) is 2. The molecule has 1 aromatic carbocycles. The van der Waals surface area contributed by atoms with Crippen LogP contribution in [0.3, 0.4) is 0 Å². The van der Waals surface area contributed by atoms with Gasteiger partial charge in [0.25, 0.3) is 5.91 Å². The Balaban J connectivity index is 1.91. The summed E-state index contributed by atoms with van der Waals surface area (Å²) < 4.78 is 7.37. The van der Waals surface area contributed by atoms with Gasteiger partial charge in [0.1, 0.15) is 5.69 Å². The summed E-state index contributed by atoms with van der Waals surface area (Å²) in [6.07, 6.45) is 3.41. The molecule has 0 aliphatic carbocycles. The third-order valence-corrected chi connectivity index (χ3v) is 4.44. The third kappa shape index (κ3) is 5.49. The lowest BCUT2D eigenvalue weighted by Crippen LogP contribution is -2.35. The zero-order valence-electron chi connectivity index (χ0n) is 14.4. The molecule has 138 valence electrons. The standard InChI is InChI=1S/C17H19IN4O3S/c1-3-4-9-25-16(24)11-5-7-12(8-6-11)20-17(26)21-15(23)14-13(18)10-19-22(14)2/h5-8,10H,3-4,9H2,1-2H3,(H2,20,21,23,26). The van der Waals surface area contributed by atoms with Crippen LogP contribution in [-0.4, -0.2) is 33.4 Å². The quantitative estimate of drug-likeness (QED) is 0.283. The maximum Gasteiger partial charge on any atom is 0.338 e. The van der Waals surface area contributed by atoms with E-state index in [4.69, 9.17) is 17.0 Å². The Morgan fingerprint density at radius 2 is 2.00 bits per heavy atom. The first-order valence-electron chi connectivity index (χ1n) is 7.99. The molecular weight excluding hydrogens is 467 g/mol. The minimum atomic E-state index is -0.355. The van der Waals surface area contributed by atoms with Crippen LogP contribution in [0.1, 0.15) is 40.6 Å². The summed E-state index contributed by atoms with van der Waals surface area (Å²) in [5.41, 5.74) is 1.55. The first-order chi connectivity index (χ1) is 12.4. The number of carbonyl (C=O) groups is 2. The molecule has 9 heteroatoms. The van der Waals surface area contributed by atoms with Crippen LogP contribution in [0.15, 0.2) is 30.5 Å². The van der Waals surface area contributed by atoms with Crippen LogP contribution in [0.5, 0.6) is 0 Å². The fourth-order valence-electron chi connectivity index (χ4n) is 2.07. The van der Waals surface area contributed by atoms with Crippen molar-refractivity contribution in [3.05, 3.63) is 45.3 Å². The topological polar surface area (TPSA) is 85.2 Å². The van der Waals surface area contributed by atoms with Crippen molar-refractivity contribution in [3.8, 4) is 0 Å². The highest BCUT2D eigenvalue weighted by Crippen LogP contribution is 2.12. The Hall–Kier alpha value is -2.01. The summed E-state index contributed by atoms with van der Waals surface area (Å²) in [5.74, 6) is -0.699. The van der Waals surface area contributed by atoms with Gasteiger partial charge in [-0.2, -0.15) is 5.10 Å². The van der Waals surface area contributed by atoms with E-state index in [0.29, 0.717) is 23.6 Å². The van der Waals surface area contributed by atoms with Gasteiger partial charge in [0.15, 0.2) is 5.11 Å². The van der Waals surface area contributed by atoms with Gasteiger partial charge in [-0.1, -0.05) is 13.3 Å². The van der Waals surface area contributed by atoms with Gasteiger partial charge in [-0.25, -0.2) is 4.79 Å². The summed E-state index contributed by atoms with van der Waals surface area (Å²) in [6, 6.07) is 6.68. The highest BCUT2D eigenvalue weighted by molar-refractivity contribution is 14.1. The molecule has 0 aliphatic rings. The van der Waals surface area contributed by atoms with Crippen molar-refractivity contribution in [1.82, 2.24) is 15.1 Å². The third-order valence-electron chi connectivity index (χ3n) is 3.45. The van der Waals surface area contributed by atoms with Crippen LogP contribution in [0, 0.1) is 3.57 Å². The second-order valence-electron chi connectivity index (χ2n) is 5.44. The maximum atomic E-state index is 12.3. The van der Waals surface area contributed by atoms with Crippen molar-refractivity contribution in [2.45, 2.75) is 19.8 Å². The van der Waals surface area contributed by atoms with E-state index in [9.17, 15) is 9.59 Å². The monoisotopic (exact) mass is 486 g/mol. The Bertz CT molecular complexity index is 785. The lowest BCUT2D eigenvalue weighted by atomic mass is 10.2. The number of nitrogens with one attached hydrogen (secondary N) is 2. The summed E-state index contributed by atoms with van der Waals surface area (Å²) >= 11 is 7.20. The van der Waals surface area contributed by atoms with Gasteiger partial charge in [0.2, 0.25) is 0 Å². The van der Waals surface area contributed by atoms with Crippen LogP contribution in [0.2, 0.25) is 0 Å². The van der Waals surface area contributed by atoms with Gasteiger partial charge in [0, 0.05) is 12.7 Å². The van der Waals surface area contributed by atoms with Gasteiger partial charge in [-0.3, -0.25) is 14.8 Å². The first-order valence-corrected chi connectivity index (χ1v) is 9.48. The summed E-state index contributed by atoms with van der Waals surface area (Å²) in [4.78, 5) is 24.1.